The van der Waals surface area contributed by atoms with Crippen LogP contribution < -0.4 is 10.6 Å². The lowest BCUT2D eigenvalue weighted by Gasteiger charge is -2.09. The van der Waals surface area contributed by atoms with E-state index in [1.807, 2.05) is 0 Å². The highest BCUT2D eigenvalue weighted by atomic mass is 16.4. The minimum absolute atomic E-state index is 0.121. The van der Waals surface area contributed by atoms with Crippen molar-refractivity contribution in [1.82, 2.24) is 10.6 Å². The van der Waals surface area contributed by atoms with Crippen LogP contribution in [0.4, 0.5) is 4.79 Å². The monoisotopic (exact) mass is 212 g/mol. The highest BCUT2D eigenvalue weighted by molar-refractivity contribution is 5.75. The Kier molecular flexibility index (Phi) is 6.81. The summed E-state index contributed by atoms with van der Waals surface area (Å²) in [7, 11) is 0. The molecule has 84 valence electrons. The highest BCUT2D eigenvalue weighted by Gasteiger charge is 2.11. The Bertz CT molecular complexity index is 258. The van der Waals surface area contributed by atoms with Crippen LogP contribution in [0.25, 0.3) is 0 Å². The third-order valence-corrected chi connectivity index (χ3v) is 1.77. The maximum atomic E-state index is 11.1. The lowest BCUT2D eigenvalue weighted by molar-refractivity contribution is -0.140. The van der Waals surface area contributed by atoms with Gasteiger partial charge in [0.1, 0.15) is 0 Å². The Morgan fingerprint density at radius 2 is 2.13 bits per heavy atom. The summed E-state index contributed by atoms with van der Waals surface area (Å²) in [4.78, 5) is 21.5. The van der Waals surface area contributed by atoms with E-state index in [1.54, 1.807) is 0 Å². The fraction of sp³-hybridized carbons (Fsp3) is 0.600. The third-order valence-electron chi connectivity index (χ3n) is 1.77. The molecule has 5 heteroatoms. The maximum absolute atomic E-state index is 11.1. The smallest absolute Gasteiger partial charge is 0.314 e. The molecule has 15 heavy (non-hydrogen) atoms. The number of amides is 2. The van der Waals surface area contributed by atoms with Gasteiger partial charge in [-0.15, -0.1) is 12.3 Å². The predicted octanol–water partition coefficient (Wildman–Crippen LogP) is 0.420. The minimum atomic E-state index is -0.928. The largest absolute Gasteiger partial charge is 0.481 e. The summed E-state index contributed by atoms with van der Waals surface area (Å²) >= 11 is 0. The summed E-state index contributed by atoms with van der Waals surface area (Å²) < 4.78 is 0. The van der Waals surface area contributed by atoms with Gasteiger partial charge in [-0.3, -0.25) is 4.79 Å². The van der Waals surface area contributed by atoms with Crippen molar-refractivity contribution in [3.63, 3.8) is 0 Å². The number of aliphatic carboxylic acids is 1. The number of hydrogen-bond donors (Lipinski definition) is 3. The number of unbranched alkanes of at least 4 members (excludes halogenated alkanes) is 1. The van der Waals surface area contributed by atoms with E-state index >= 15 is 0 Å². The summed E-state index contributed by atoms with van der Waals surface area (Å²) in [5.74, 6) is 0.947. The molecular formula is C10H16N2O3. The van der Waals surface area contributed by atoms with Gasteiger partial charge in [0.15, 0.2) is 0 Å². The Labute approximate surface area is 89.2 Å². The van der Waals surface area contributed by atoms with Crippen LogP contribution in [0.3, 0.4) is 0 Å². The van der Waals surface area contributed by atoms with Crippen LogP contribution in [0, 0.1) is 18.3 Å². The summed E-state index contributed by atoms with van der Waals surface area (Å²) in [5, 5.41) is 13.6. The van der Waals surface area contributed by atoms with Crippen LogP contribution in [0.1, 0.15) is 19.8 Å². The van der Waals surface area contributed by atoms with Crippen molar-refractivity contribution in [2.45, 2.75) is 19.8 Å². The van der Waals surface area contributed by atoms with Crippen LogP contribution >= 0.6 is 0 Å². The number of carboxylic acid groups (broad SMARTS) is 1. The highest BCUT2D eigenvalue weighted by Crippen LogP contribution is 1.91. The number of carboxylic acids is 1. The second-order valence-corrected chi connectivity index (χ2v) is 3.18. The van der Waals surface area contributed by atoms with Crippen molar-refractivity contribution >= 4 is 12.0 Å². The average Bonchev–Trinajstić information content (AvgIpc) is 2.20. The Hall–Kier alpha value is -1.70. The average molecular weight is 212 g/mol. The molecule has 0 bridgehead atoms. The molecule has 0 radical (unpaired) electrons. The quantitative estimate of drug-likeness (QED) is 0.441. The van der Waals surface area contributed by atoms with Crippen LogP contribution in [0.5, 0.6) is 0 Å². The summed E-state index contributed by atoms with van der Waals surface area (Å²) in [6.45, 7) is 2.15. The van der Waals surface area contributed by atoms with Gasteiger partial charge in [0.25, 0.3) is 0 Å². The molecule has 0 heterocycles. The van der Waals surface area contributed by atoms with Crippen LogP contribution in [-0.4, -0.2) is 30.2 Å². The molecule has 1 unspecified atom stereocenters. The van der Waals surface area contributed by atoms with Crippen molar-refractivity contribution in [1.29, 1.82) is 0 Å². The summed E-state index contributed by atoms with van der Waals surface area (Å²) in [6.07, 6.45) is 6.37. The van der Waals surface area contributed by atoms with Crippen molar-refractivity contribution < 1.29 is 14.7 Å². The van der Waals surface area contributed by atoms with Gasteiger partial charge in [-0.2, -0.15) is 0 Å². The first-order chi connectivity index (χ1) is 7.07. The summed E-state index contributed by atoms with van der Waals surface area (Å²) in [6, 6.07) is -0.361. The Balaban J connectivity index is 3.50. The van der Waals surface area contributed by atoms with E-state index < -0.39 is 11.9 Å². The number of nitrogens with one attached hydrogen (secondary N) is 2. The van der Waals surface area contributed by atoms with Crippen molar-refractivity contribution in [2.75, 3.05) is 13.1 Å². The molecule has 0 fully saturated rings. The molecule has 0 rings (SSSR count). The Morgan fingerprint density at radius 3 is 2.67 bits per heavy atom. The second-order valence-electron chi connectivity index (χ2n) is 3.18. The second kappa shape index (κ2) is 7.68. The third kappa shape index (κ3) is 7.38. The van der Waals surface area contributed by atoms with Gasteiger partial charge >= 0.3 is 12.0 Å². The molecule has 2 amide bonds. The molecule has 0 aromatic rings. The number of hydrogen-bond acceptors (Lipinski definition) is 2. The van der Waals surface area contributed by atoms with Gasteiger partial charge < -0.3 is 15.7 Å². The predicted molar refractivity (Wildman–Crippen MR) is 56.3 cm³/mol. The lowest BCUT2D eigenvalue weighted by Crippen LogP contribution is -2.39. The van der Waals surface area contributed by atoms with Crippen LogP contribution in [0.2, 0.25) is 0 Å². The van der Waals surface area contributed by atoms with E-state index in [0.29, 0.717) is 13.0 Å². The normalized spacial score (nSPS) is 11.2. The first-order valence-electron chi connectivity index (χ1n) is 4.76. The first-order valence-corrected chi connectivity index (χ1v) is 4.76. The molecule has 0 spiro atoms. The van der Waals surface area contributed by atoms with Crippen molar-refractivity contribution in [2.24, 2.45) is 5.92 Å². The van der Waals surface area contributed by atoms with Gasteiger partial charge in [0.2, 0.25) is 0 Å². The van der Waals surface area contributed by atoms with E-state index in [1.165, 1.54) is 6.92 Å². The molecule has 5 nitrogen and oxygen atoms in total. The van der Waals surface area contributed by atoms with E-state index in [9.17, 15) is 9.59 Å². The zero-order valence-corrected chi connectivity index (χ0v) is 8.75. The topological polar surface area (TPSA) is 78.4 Å². The summed E-state index contributed by atoms with van der Waals surface area (Å²) in [5.41, 5.74) is 0. The maximum Gasteiger partial charge on any atom is 0.314 e. The molecule has 0 saturated carbocycles. The number of urea groups is 1. The number of carbonyl (C=O) groups is 2. The van der Waals surface area contributed by atoms with Crippen LogP contribution in [0.15, 0.2) is 0 Å². The van der Waals surface area contributed by atoms with E-state index in [0.717, 1.165) is 6.42 Å². The van der Waals surface area contributed by atoms with Gasteiger partial charge in [-0.25, -0.2) is 4.79 Å². The fourth-order valence-electron chi connectivity index (χ4n) is 0.788. The fourth-order valence-corrected chi connectivity index (χ4v) is 0.788. The molecule has 0 aliphatic carbocycles. The van der Waals surface area contributed by atoms with Crippen LogP contribution in [-0.2, 0) is 4.79 Å². The zero-order valence-electron chi connectivity index (χ0n) is 8.75. The lowest BCUT2D eigenvalue weighted by atomic mass is 10.2. The molecule has 0 saturated heterocycles. The molecule has 1 atom stereocenters. The van der Waals surface area contributed by atoms with Gasteiger partial charge in [0.05, 0.1) is 5.92 Å². The van der Waals surface area contributed by atoms with E-state index in [2.05, 4.69) is 16.6 Å². The van der Waals surface area contributed by atoms with Crippen molar-refractivity contribution in [3.05, 3.63) is 0 Å². The molecule has 3 N–H and O–H groups in total. The zero-order chi connectivity index (χ0) is 11.7. The minimum Gasteiger partial charge on any atom is -0.481 e. The van der Waals surface area contributed by atoms with E-state index in [-0.39, 0.29) is 12.6 Å². The van der Waals surface area contributed by atoms with Gasteiger partial charge in [-0.05, 0) is 6.42 Å². The van der Waals surface area contributed by atoms with Gasteiger partial charge in [-0.1, -0.05) is 6.92 Å². The number of rotatable bonds is 6. The molecule has 0 aliphatic heterocycles. The van der Waals surface area contributed by atoms with Crippen molar-refractivity contribution in [3.8, 4) is 12.3 Å². The molecule has 0 aromatic heterocycles. The first kappa shape index (κ1) is 13.3. The molecular weight excluding hydrogens is 196 g/mol. The van der Waals surface area contributed by atoms with E-state index in [4.69, 9.17) is 11.5 Å². The Morgan fingerprint density at radius 1 is 1.47 bits per heavy atom. The number of carbonyl (C=O) groups excluding carboxylic acids is 1. The SMILES string of the molecule is C#CCCCNC(=O)NCC(C)C(=O)O. The standard InChI is InChI=1S/C10H16N2O3/c1-3-4-5-6-11-10(15)12-7-8(2)9(13)14/h1,8H,4-7H2,2H3,(H,13,14)(H2,11,12,15). The van der Waals surface area contributed by atoms with Gasteiger partial charge in [0, 0.05) is 19.5 Å². The molecule has 0 aromatic carbocycles. The number of terminal acetylenes is 1. The molecule has 0 aliphatic rings.